The molecule has 1 atom stereocenters. The first-order chi connectivity index (χ1) is 18.5. The first-order valence-electron chi connectivity index (χ1n) is 12.5. The SMILES string of the molecule is COCCCN1C(=O)C(=O)/C(=C(/O)c2c(C)nc3ccccn23)C1c1cccc(OCc2ccccc2)c1. The molecule has 8 nitrogen and oxygen atoms in total. The quantitative estimate of drug-likeness (QED) is 0.152. The van der Waals surface area contributed by atoms with Crippen molar-refractivity contribution >= 4 is 23.1 Å². The lowest BCUT2D eigenvalue weighted by molar-refractivity contribution is -0.140. The predicted octanol–water partition coefficient (Wildman–Crippen LogP) is 4.68. The Morgan fingerprint density at radius 1 is 1.03 bits per heavy atom. The summed E-state index contributed by atoms with van der Waals surface area (Å²) in [5.74, 6) is -1.05. The van der Waals surface area contributed by atoms with Crippen LogP contribution >= 0.6 is 0 Å². The van der Waals surface area contributed by atoms with Crippen LogP contribution in [0.3, 0.4) is 0 Å². The minimum absolute atomic E-state index is 0.0291. The third-order valence-corrected chi connectivity index (χ3v) is 6.64. The smallest absolute Gasteiger partial charge is 0.295 e. The Labute approximate surface area is 220 Å². The van der Waals surface area contributed by atoms with Crippen LogP contribution in [0.2, 0.25) is 0 Å². The highest BCUT2D eigenvalue weighted by molar-refractivity contribution is 6.46. The van der Waals surface area contributed by atoms with Crippen molar-refractivity contribution in [3.05, 3.63) is 107 Å². The molecule has 0 saturated carbocycles. The van der Waals surface area contributed by atoms with Crippen LogP contribution in [-0.4, -0.2) is 51.3 Å². The van der Waals surface area contributed by atoms with Crippen LogP contribution in [-0.2, 0) is 20.9 Å². The summed E-state index contributed by atoms with van der Waals surface area (Å²) in [4.78, 5) is 32.7. The molecule has 0 bridgehead atoms. The Morgan fingerprint density at radius 3 is 2.61 bits per heavy atom. The van der Waals surface area contributed by atoms with Crippen molar-refractivity contribution in [3.8, 4) is 5.75 Å². The van der Waals surface area contributed by atoms with Crippen LogP contribution in [0.4, 0.5) is 0 Å². The second-order valence-corrected chi connectivity index (χ2v) is 9.16. The number of hydrogen-bond acceptors (Lipinski definition) is 6. The summed E-state index contributed by atoms with van der Waals surface area (Å²) < 4.78 is 12.9. The molecule has 38 heavy (non-hydrogen) atoms. The van der Waals surface area contributed by atoms with Crippen molar-refractivity contribution in [1.29, 1.82) is 0 Å². The number of aromatic nitrogens is 2. The number of ether oxygens (including phenoxy) is 2. The molecule has 0 aliphatic carbocycles. The van der Waals surface area contributed by atoms with Crippen molar-refractivity contribution < 1.29 is 24.2 Å². The summed E-state index contributed by atoms with van der Waals surface area (Å²) >= 11 is 0. The molecule has 1 saturated heterocycles. The molecule has 1 unspecified atom stereocenters. The third kappa shape index (κ3) is 4.78. The Kier molecular flexibility index (Phi) is 7.24. The second-order valence-electron chi connectivity index (χ2n) is 9.16. The van der Waals surface area contributed by atoms with Gasteiger partial charge in [0.25, 0.3) is 11.7 Å². The summed E-state index contributed by atoms with van der Waals surface area (Å²) in [6, 6.07) is 21.8. The first kappa shape index (κ1) is 25.2. The Morgan fingerprint density at radius 2 is 1.82 bits per heavy atom. The number of methoxy groups -OCH3 is 1. The number of aliphatic hydroxyl groups excluding tert-OH is 1. The van der Waals surface area contributed by atoms with Gasteiger partial charge in [0, 0.05) is 26.5 Å². The summed E-state index contributed by atoms with van der Waals surface area (Å²) in [6.45, 7) is 2.87. The molecule has 1 N–H and O–H groups in total. The normalized spacial score (nSPS) is 16.9. The molecule has 1 aliphatic heterocycles. The van der Waals surface area contributed by atoms with Gasteiger partial charge < -0.3 is 19.5 Å². The van der Waals surface area contributed by atoms with Gasteiger partial charge in [-0.05, 0) is 48.7 Å². The topological polar surface area (TPSA) is 93.4 Å². The maximum atomic E-state index is 13.4. The summed E-state index contributed by atoms with van der Waals surface area (Å²) in [7, 11) is 1.59. The van der Waals surface area contributed by atoms with Gasteiger partial charge in [-0.2, -0.15) is 0 Å². The van der Waals surface area contributed by atoms with Crippen LogP contribution in [0.25, 0.3) is 11.4 Å². The fraction of sp³-hybridized carbons (Fsp3) is 0.233. The number of aryl methyl sites for hydroxylation is 1. The van der Waals surface area contributed by atoms with E-state index in [0.29, 0.717) is 54.5 Å². The molecule has 8 heteroatoms. The van der Waals surface area contributed by atoms with Crippen molar-refractivity contribution in [3.63, 3.8) is 0 Å². The number of carbonyl (C=O) groups excluding carboxylic acids is 2. The maximum absolute atomic E-state index is 13.4. The van der Waals surface area contributed by atoms with Crippen LogP contribution < -0.4 is 4.74 Å². The number of fused-ring (bicyclic) bond motifs is 1. The van der Waals surface area contributed by atoms with E-state index in [0.717, 1.165) is 5.56 Å². The molecule has 2 aromatic heterocycles. The number of Topliss-reactive ketones (excluding diaryl/α,β-unsaturated/α-hetero) is 1. The highest BCUT2D eigenvalue weighted by atomic mass is 16.5. The van der Waals surface area contributed by atoms with E-state index in [9.17, 15) is 14.7 Å². The van der Waals surface area contributed by atoms with Crippen molar-refractivity contribution in [2.45, 2.75) is 26.0 Å². The lowest BCUT2D eigenvalue weighted by Gasteiger charge is -2.25. The molecule has 1 amide bonds. The predicted molar refractivity (Wildman–Crippen MR) is 143 cm³/mol. The van der Waals surface area contributed by atoms with Crippen LogP contribution in [0.5, 0.6) is 5.75 Å². The number of nitrogens with zero attached hydrogens (tertiary/aromatic N) is 3. The number of likely N-dealkylation sites (tertiary alicyclic amines) is 1. The number of pyridine rings is 1. The number of rotatable bonds is 9. The second kappa shape index (κ2) is 10.9. The number of aliphatic hydroxyl groups is 1. The maximum Gasteiger partial charge on any atom is 0.295 e. The van der Waals surface area contributed by atoms with Gasteiger partial charge in [0.05, 0.1) is 17.3 Å². The molecule has 0 radical (unpaired) electrons. The number of hydrogen-bond donors (Lipinski definition) is 1. The molecule has 1 fully saturated rings. The molecule has 1 aliphatic rings. The summed E-state index contributed by atoms with van der Waals surface area (Å²) in [6.07, 6.45) is 2.31. The fourth-order valence-corrected chi connectivity index (χ4v) is 4.88. The van der Waals surface area contributed by atoms with Gasteiger partial charge in [0.2, 0.25) is 0 Å². The largest absolute Gasteiger partial charge is 0.505 e. The monoisotopic (exact) mass is 511 g/mol. The van der Waals surface area contributed by atoms with Gasteiger partial charge in [0.1, 0.15) is 23.7 Å². The van der Waals surface area contributed by atoms with Crippen molar-refractivity contribution in [2.75, 3.05) is 20.3 Å². The molecule has 5 rings (SSSR count). The average Bonchev–Trinajstić information content (AvgIpc) is 3.41. The Bertz CT molecular complexity index is 1510. The van der Waals surface area contributed by atoms with E-state index < -0.39 is 17.7 Å². The number of benzene rings is 2. The molecule has 194 valence electrons. The zero-order valence-electron chi connectivity index (χ0n) is 21.3. The fourth-order valence-electron chi connectivity index (χ4n) is 4.88. The molecule has 2 aromatic carbocycles. The lowest BCUT2D eigenvalue weighted by atomic mass is 9.96. The third-order valence-electron chi connectivity index (χ3n) is 6.64. The van der Waals surface area contributed by atoms with Crippen molar-refractivity contribution in [2.24, 2.45) is 0 Å². The highest BCUT2D eigenvalue weighted by Crippen LogP contribution is 2.41. The van der Waals surface area contributed by atoms with E-state index in [1.54, 1.807) is 24.6 Å². The van der Waals surface area contributed by atoms with Crippen LogP contribution in [0, 0.1) is 6.92 Å². The van der Waals surface area contributed by atoms with E-state index in [2.05, 4.69) is 4.98 Å². The lowest BCUT2D eigenvalue weighted by Crippen LogP contribution is -2.31. The zero-order valence-corrected chi connectivity index (χ0v) is 21.3. The molecular formula is C30H29N3O5. The summed E-state index contributed by atoms with van der Waals surface area (Å²) in [5, 5.41) is 11.6. The number of carbonyl (C=O) groups is 2. The molecular weight excluding hydrogens is 482 g/mol. The Balaban J connectivity index is 1.58. The van der Waals surface area contributed by atoms with Gasteiger partial charge in [0.15, 0.2) is 5.76 Å². The summed E-state index contributed by atoms with van der Waals surface area (Å²) in [5.41, 5.74) is 3.29. The van der Waals surface area contributed by atoms with E-state index in [4.69, 9.17) is 9.47 Å². The highest BCUT2D eigenvalue weighted by Gasteiger charge is 2.46. The molecule has 3 heterocycles. The Hall–Kier alpha value is -4.43. The van der Waals surface area contributed by atoms with Gasteiger partial charge in [-0.3, -0.25) is 14.0 Å². The van der Waals surface area contributed by atoms with E-state index in [1.165, 1.54) is 4.90 Å². The van der Waals surface area contributed by atoms with E-state index in [-0.39, 0.29) is 11.3 Å². The number of imidazole rings is 1. The van der Waals surface area contributed by atoms with Gasteiger partial charge in [-0.15, -0.1) is 0 Å². The number of ketones is 1. The van der Waals surface area contributed by atoms with Crippen LogP contribution in [0.1, 0.15) is 35.0 Å². The van der Waals surface area contributed by atoms with E-state index >= 15 is 0 Å². The zero-order chi connectivity index (χ0) is 26.6. The van der Waals surface area contributed by atoms with Gasteiger partial charge in [-0.1, -0.05) is 48.5 Å². The van der Waals surface area contributed by atoms with E-state index in [1.807, 2.05) is 72.8 Å². The number of amides is 1. The molecule has 0 spiro atoms. The van der Waals surface area contributed by atoms with Gasteiger partial charge in [-0.25, -0.2) is 4.98 Å². The van der Waals surface area contributed by atoms with Gasteiger partial charge >= 0.3 is 0 Å². The van der Waals surface area contributed by atoms with Crippen LogP contribution in [0.15, 0.2) is 84.6 Å². The molecule has 4 aromatic rings. The minimum atomic E-state index is -0.791. The first-order valence-corrected chi connectivity index (χ1v) is 12.5. The standard InChI is InChI=1S/C30H29N3O5/c1-20-26(32-15-7-6-14-24(32)31-20)28(34)25-27(33(16-9-17-37-2)30(36)29(25)35)22-12-8-13-23(18-22)38-19-21-10-4-3-5-11-21/h3-8,10-15,18,27,34H,9,16-17,19H2,1-2H3/b28-25+. The minimum Gasteiger partial charge on any atom is -0.505 e. The average molecular weight is 512 g/mol. The van der Waals surface area contributed by atoms with Crippen molar-refractivity contribution in [1.82, 2.24) is 14.3 Å².